The van der Waals surface area contributed by atoms with E-state index in [1.165, 1.54) is 44.9 Å². The van der Waals surface area contributed by atoms with Crippen LogP contribution in [0, 0.1) is 20.8 Å². The van der Waals surface area contributed by atoms with Crippen molar-refractivity contribution in [3.05, 3.63) is 96.1 Å². The maximum Gasteiger partial charge on any atom is 0.296 e. The van der Waals surface area contributed by atoms with E-state index >= 15 is 0 Å². The molecule has 0 aliphatic carbocycles. The number of aromatic nitrogens is 3. The molecule has 38 heavy (non-hydrogen) atoms. The zero-order chi connectivity index (χ0) is 27.1. The van der Waals surface area contributed by atoms with Crippen molar-refractivity contribution in [1.82, 2.24) is 15.2 Å². The molecule has 12 heteroatoms. The van der Waals surface area contributed by atoms with Crippen molar-refractivity contribution >= 4 is 74.5 Å². The first-order chi connectivity index (χ1) is 18.1. The molecule has 1 aliphatic rings. The second-order valence-electron chi connectivity index (χ2n) is 8.61. The van der Waals surface area contributed by atoms with Crippen LogP contribution in [0.3, 0.4) is 0 Å². The van der Waals surface area contributed by atoms with Gasteiger partial charge >= 0.3 is 0 Å². The third-order valence-corrected chi connectivity index (χ3v) is 9.84. The normalized spacial score (nSPS) is 15.6. The Balaban J connectivity index is 1.52. The molecule has 7 nitrogen and oxygen atoms in total. The highest BCUT2D eigenvalue weighted by Gasteiger charge is 2.46. The van der Waals surface area contributed by atoms with E-state index in [0.717, 1.165) is 5.56 Å². The Kier molecular flexibility index (Phi) is 7.61. The van der Waals surface area contributed by atoms with Gasteiger partial charge in [0.25, 0.3) is 5.91 Å². The highest BCUT2D eigenvalue weighted by molar-refractivity contribution is 8.00. The molecule has 1 N–H and O–H groups in total. The van der Waals surface area contributed by atoms with Crippen LogP contribution in [0.2, 0.25) is 10.0 Å². The van der Waals surface area contributed by atoms with Crippen LogP contribution in [0.15, 0.2) is 58.1 Å². The first-order valence-electron chi connectivity index (χ1n) is 11.4. The Hall–Kier alpha value is -2.76. The third kappa shape index (κ3) is 5.11. The number of hydrogen-bond donors (Lipinski definition) is 1. The molecule has 0 bridgehead atoms. The molecule has 0 spiro atoms. The fourth-order valence-corrected chi connectivity index (χ4v) is 7.09. The lowest BCUT2D eigenvalue weighted by atomic mass is 9.95. The second kappa shape index (κ2) is 10.8. The van der Waals surface area contributed by atoms with Crippen molar-refractivity contribution in [2.45, 2.75) is 36.9 Å². The topological polar surface area (TPSA) is 96.3 Å². The number of nitrogens with zero attached hydrogens (tertiary/aromatic N) is 4. The van der Waals surface area contributed by atoms with E-state index < -0.39 is 23.5 Å². The summed E-state index contributed by atoms with van der Waals surface area (Å²) in [7, 11) is 0. The summed E-state index contributed by atoms with van der Waals surface area (Å²) in [6.07, 6.45) is 0. The number of aliphatic hydroxyl groups excluding tert-OH is 1. The summed E-state index contributed by atoms with van der Waals surface area (Å²) < 4.78 is 0.648. The van der Waals surface area contributed by atoms with Crippen LogP contribution in [0.25, 0.3) is 0 Å². The highest BCUT2D eigenvalue weighted by Crippen LogP contribution is 2.45. The van der Waals surface area contributed by atoms with E-state index in [9.17, 15) is 14.7 Å². The second-order valence-corrected chi connectivity index (χ2v) is 12.8. The standard InChI is InChI=1S/C26H20Cl2N4O3S3/c1-12-4-6-15(7-5-12)11-36-26-31-30-25(38-26)32-20(16-8-9-17(27)18(28)10-16)19(22(34)24(32)35)21(33)23-13(2)29-14(3)37-23/h4-10,20,34H,11H2,1-3H3. The number of thiazole rings is 1. The fourth-order valence-electron chi connectivity index (χ4n) is 4.08. The zero-order valence-electron chi connectivity index (χ0n) is 20.4. The largest absolute Gasteiger partial charge is 0.503 e. The summed E-state index contributed by atoms with van der Waals surface area (Å²) in [5, 5.41) is 21.0. The number of carbonyl (C=O) groups excluding carboxylic acids is 2. The number of benzene rings is 2. The molecular formula is C26H20Cl2N4O3S3. The fraction of sp³-hybridized carbons (Fsp3) is 0.192. The Morgan fingerprint density at radius 1 is 1.05 bits per heavy atom. The highest BCUT2D eigenvalue weighted by atomic mass is 35.5. The molecule has 1 amide bonds. The Labute approximate surface area is 241 Å². The number of halogens is 2. The minimum absolute atomic E-state index is 0.0656. The molecular weight excluding hydrogens is 583 g/mol. The number of carbonyl (C=O) groups is 2. The third-order valence-electron chi connectivity index (χ3n) is 5.91. The summed E-state index contributed by atoms with van der Waals surface area (Å²) in [5.41, 5.74) is 3.28. The lowest BCUT2D eigenvalue weighted by Crippen LogP contribution is -2.31. The van der Waals surface area contributed by atoms with Crippen LogP contribution >= 0.6 is 57.6 Å². The number of aryl methyl sites for hydroxylation is 3. The monoisotopic (exact) mass is 602 g/mol. The van der Waals surface area contributed by atoms with Gasteiger partial charge in [-0.2, -0.15) is 0 Å². The molecule has 0 fully saturated rings. The molecule has 2 aromatic carbocycles. The Morgan fingerprint density at radius 2 is 1.79 bits per heavy atom. The summed E-state index contributed by atoms with van der Waals surface area (Å²) in [4.78, 5) is 33.1. The minimum Gasteiger partial charge on any atom is -0.503 e. The average Bonchev–Trinajstić information content (AvgIpc) is 3.56. The lowest BCUT2D eigenvalue weighted by Gasteiger charge is -2.24. The van der Waals surface area contributed by atoms with E-state index in [2.05, 4.69) is 27.3 Å². The molecule has 0 saturated carbocycles. The summed E-state index contributed by atoms with van der Waals surface area (Å²) in [6, 6.07) is 12.1. The molecule has 194 valence electrons. The Morgan fingerprint density at radius 3 is 2.45 bits per heavy atom. The summed E-state index contributed by atoms with van der Waals surface area (Å²) >= 11 is 16.4. The SMILES string of the molecule is Cc1ccc(CSc2nnc(N3C(=O)C(O)=C(C(=O)c4sc(C)nc4C)C3c3ccc(Cl)c(Cl)c3)s2)cc1. The van der Waals surface area contributed by atoms with Gasteiger partial charge in [-0.3, -0.25) is 14.5 Å². The van der Waals surface area contributed by atoms with Crippen LogP contribution < -0.4 is 4.90 Å². The maximum absolute atomic E-state index is 13.7. The van der Waals surface area contributed by atoms with Gasteiger partial charge in [0, 0.05) is 5.75 Å². The molecule has 0 saturated heterocycles. The number of hydrogen-bond acceptors (Lipinski definition) is 9. The van der Waals surface area contributed by atoms with Crippen molar-refractivity contribution in [3.8, 4) is 0 Å². The van der Waals surface area contributed by atoms with Gasteiger partial charge in [0.1, 0.15) is 0 Å². The van der Waals surface area contributed by atoms with Crippen LogP contribution in [-0.2, 0) is 10.5 Å². The van der Waals surface area contributed by atoms with Gasteiger partial charge in [-0.1, -0.05) is 82.2 Å². The summed E-state index contributed by atoms with van der Waals surface area (Å²) in [6.45, 7) is 5.55. The van der Waals surface area contributed by atoms with E-state index in [1.807, 2.05) is 19.1 Å². The first kappa shape index (κ1) is 26.8. The molecule has 5 rings (SSSR count). The van der Waals surface area contributed by atoms with Crippen LogP contribution in [0.5, 0.6) is 0 Å². The van der Waals surface area contributed by atoms with E-state index in [4.69, 9.17) is 23.2 Å². The molecule has 1 atom stereocenters. The van der Waals surface area contributed by atoms with E-state index in [0.29, 0.717) is 36.3 Å². The number of ketones is 1. The molecule has 1 unspecified atom stereocenters. The molecule has 2 aromatic heterocycles. The number of aliphatic hydroxyl groups is 1. The Bertz CT molecular complexity index is 1600. The first-order valence-corrected chi connectivity index (χ1v) is 14.7. The molecule has 1 aliphatic heterocycles. The quantitative estimate of drug-likeness (QED) is 0.135. The lowest BCUT2D eigenvalue weighted by molar-refractivity contribution is -0.117. The van der Waals surface area contributed by atoms with Gasteiger partial charge in [-0.15, -0.1) is 21.5 Å². The van der Waals surface area contributed by atoms with Crippen LogP contribution in [0.1, 0.15) is 43.1 Å². The number of amides is 1. The van der Waals surface area contributed by atoms with Crippen LogP contribution in [-0.4, -0.2) is 32.0 Å². The van der Waals surface area contributed by atoms with Crippen molar-refractivity contribution < 1.29 is 14.7 Å². The van der Waals surface area contributed by atoms with E-state index in [-0.39, 0.29) is 15.7 Å². The predicted octanol–water partition coefficient (Wildman–Crippen LogP) is 7.30. The van der Waals surface area contributed by atoms with Crippen molar-refractivity contribution in [2.75, 3.05) is 4.90 Å². The number of anilines is 1. The smallest absolute Gasteiger partial charge is 0.296 e. The van der Waals surface area contributed by atoms with Gasteiger partial charge in [0.15, 0.2) is 10.1 Å². The number of thioether (sulfide) groups is 1. The zero-order valence-corrected chi connectivity index (χ0v) is 24.3. The van der Waals surface area contributed by atoms with Gasteiger partial charge < -0.3 is 5.11 Å². The number of Topliss-reactive ketones (excluding diaryl/α,β-unsaturated/α-hetero) is 1. The van der Waals surface area contributed by atoms with Crippen LogP contribution in [0.4, 0.5) is 5.13 Å². The molecule has 3 heterocycles. The minimum atomic E-state index is -0.977. The summed E-state index contributed by atoms with van der Waals surface area (Å²) in [5.74, 6) is -1.18. The molecule has 4 aromatic rings. The molecule has 0 radical (unpaired) electrons. The van der Waals surface area contributed by atoms with Gasteiger partial charge in [0.05, 0.1) is 37.2 Å². The maximum atomic E-state index is 13.7. The van der Waals surface area contributed by atoms with Gasteiger partial charge in [0.2, 0.25) is 10.9 Å². The van der Waals surface area contributed by atoms with Gasteiger partial charge in [-0.25, -0.2) is 4.98 Å². The van der Waals surface area contributed by atoms with E-state index in [1.54, 1.807) is 32.0 Å². The van der Waals surface area contributed by atoms with Gasteiger partial charge in [-0.05, 0) is 44.0 Å². The number of rotatable bonds is 7. The predicted molar refractivity (Wildman–Crippen MR) is 153 cm³/mol. The average molecular weight is 604 g/mol. The van der Waals surface area contributed by atoms with Crippen molar-refractivity contribution in [3.63, 3.8) is 0 Å². The van der Waals surface area contributed by atoms with Crippen molar-refractivity contribution in [1.29, 1.82) is 0 Å². The van der Waals surface area contributed by atoms with Crippen molar-refractivity contribution in [2.24, 2.45) is 0 Å².